The molecule has 0 spiro atoms. The van der Waals surface area contributed by atoms with Crippen LogP contribution in [0.3, 0.4) is 0 Å². The SMILES string of the molecule is CCC(NCc1cnnn1CC)c1cccs1. The third-order valence-electron chi connectivity index (χ3n) is 2.82. The number of thiophene rings is 1. The molecule has 0 fully saturated rings. The lowest BCUT2D eigenvalue weighted by molar-refractivity contribution is 0.498. The van der Waals surface area contributed by atoms with E-state index in [4.69, 9.17) is 0 Å². The second-order valence-corrected chi connectivity index (χ2v) is 4.88. The highest BCUT2D eigenvalue weighted by molar-refractivity contribution is 7.10. The maximum atomic E-state index is 4.03. The van der Waals surface area contributed by atoms with Gasteiger partial charge in [0.15, 0.2) is 0 Å². The Kier molecular flexibility index (Phi) is 4.28. The zero-order valence-electron chi connectivity index (χ0n) is 10.3. The molecule has 0 aromatic carbocycles. The molecule has 17 heavy (non-hydrogen) atoms. The number of nitrogens with one attached hydrogen (secondary N) is 1. The summed E-state index contributed by atoms with van der Waals surface area (Å²) < 4.78 is 1.92. The van der Waals surface area contributed by atoms with Gasteiger partial charge in [0.1, 0.15) is 0 Å². The van der Waals surface area contributed by atoms with Crippen molar-refractivity contribution in [1.29, 1.82) is 0 Å². The van der Waals surface area contributed by atoms with Crippen molar-refractivity contribution in [3.8, 4) is 0 Å². The molecule has 0 aliphatic carbocycles. The van der Waals surface area contributed by atoms with Gasteiger partial charge in [-0.25, -0.2) is 4.68 Å². The Morgan fingerprint density at radius 1 is 1.47 bits per heavy atom. The number of nitrogens with zero attached hydrogens (tertiary/aromatic N) is 3. The molecule has 0 saturated carbocycles. The molecular weight excluding hydrogens is 232 g/mol. The fourth-order valence-corrected chi connectivity index (χ4v) is 2.73. The molecule has 0 aliphatic rings. The number of hydrogen-bond donors (Lipinski definition) is 1. The normalized spacial score (nSPS) is 12.8. The van der Waals surface area contributed by atoms with Gasteiger partial charge in [-0.15, -0.1) is 16.4 Å². The molecule has 1 atom stereocenters. The number of hydrogen-bond acceptors (Lipinski definition) is 4. The third kappa shape index (κ3) is 2.92. The van der Waals surface area contributed by atoms with Crippen LogP contribution in [0.25, 0.3) is 0 Å². The zero-order valence-corrected chi connectivity index (χ0v) is 11.1. The Morgan fingerprint density at radius 2 is 2.35 bits per heavy atom. The molecule has 0 bridgehead atoms. The van der Waals surface area contributed by atoms with Crippen molar-refractivity contribution in [2.75, 3.05) is 0 Å². The second kappa shape index (κ2) is 5.93. The summed E-state index contributed by atoms with van der Waals surface area (Å²) in [4.78, 5) is 1.39. The average Bonchev–Trinajstić information content (AvgIpc) is 2.99. The van der Waals surface area contributed by atoms with Crippen molar-refractivity contribution in [2.45, 2.75) is 39.4 Å². The number of aryl methyl sites for hydroxylation is 1. The van der Waals surface area contributed by atoms with Crippen molar-refractivity contribution in [1.82, 2.24) is 20.3 Å². The molecule has 4 nitrogen and oxygen atoms in total. The molecule has 0 radical (unpaired) electrons. The van der Waals surface area contributed by atoms with Gasteiger partial charge in [0, 0.05) is 24.0 Å². The molecule has 0 saturated heterocycles. The van der Waals surface area contributed by atoms with Gasteiger partial charge in [0.2, 0.25) is 0 Å². The van der Waals surface area contributed by atoms with Gasteiger partial charge in [0.25, 0.3) is 0 Å². The smallest absolute Gasteiger partial charge is 0.0738 e. The van der Waals surface area contributed by atoms with E-state index >= 15 is 0 Å². The van der Waals surface area contributed by atoms with E-state index in [1.165, 1.54) is 4.88 Å². The molecule has 2 aromatic heterocycles. The van der Waals surface area contributed by atoms with Crippen LogP contribution in [0.1, 0.15) is 36.9 Å². The lowest BCUT2D eigenvalue weighted by atomic mass is 10.2. The first-order chi connectivity index (χ1) is 8.35. The van der Waals surface area contributed by atoms with Crippen molar-refractivity contribution >= 4 is 11.3 Å². The van der Waals surface area contributed by atoms with Gasteiger partial charge in [-0.2, -0.15) is 0 Å². The Morgan fingerprint density at radius 3 is 3.00 bits per heavy atom. The van der Waals surface area contributed by atoms with Crippen LogP contribution < -0.4 is 5.32 Å². The summed E-state index contributed by atoms with van der Waals surface area (Å²) >= 11 is 1.80. The van der Waals surface area contributed by atoms with Crippen molar-refractivity contribution in [3.05, 3.63) is 34.3 Å². The van der Waals surface area contributed by atoms with Gasteiger partial charge in [-0.3, -0.25) is 0 Å². The van der Waals surface area contributed by atoms with Gasteiger partial charge in [-0.05, 0) is 24.8 Å². The minimum Gasteiger partial charge on any atom is -0.304 e. The van der Waals surface area contributed by atoms with E-state index in [0.717, 1.165) is 25.2 Å². The molecule has 1 N–H and O–H groups in total. The van der Waals surface area contributed by atoms with Gasteiger partial charge in [-0.1, -0.05) is 18.2 Å². The maximum Gasteiger partial charge on any atom is 0.0738 e. The van der Waals surface area contributed by atoms with Crippen molar-refractivity contribution < 1.29 is 0 Å². The predicted molar refractivity (Wildman–Crippen MR) is 69.9 cm³/mol. The topological polar surface area (TPSA) is 42.7 Å². The van der Waals surface area contributed by atoms with Crippen molar-refractivity contribution in [2.24, 2.45) is 0 Å². The average molecular weight is 250 g/mol. The molecule has 1 unspecified atom stereocenters. The lowest BCUT2D eigenvalue weighted by Crippen LogP contribution is -2.21. The highest BCUT2D eigenvalue weighted by Gasteiger charge is 2.10. The molecule has 0 amide bonds. The van der Waals surface area contributed by atoms with E-state index in [0.29, 0.717) is 6.04 Å². The van der Waals surface area contributed by atoms with E-state index in [9.17, 15) is 0 Å². The predicted octanol–water partition coefficient (Wildman–Crippen LogP) is 2.60. The van der Waals surface area contributed by atoms with E-state index in [1.807, 2.05) is 10.9 Å². The van der Waals surface area contributed by atoms with Gasteiger partial charge < -0.3 is 5.32 Å². The maximum absolute atomic E-state index is 4.03. The van der Waals surface area contributed by atoms with Crippen LogP contribution in [0.15, 0.2) is 23.7 Å². The molecule has 0 aliphatic heterocycles. The minimum absolute atomic E-state index is 0.426. The van der Waals surface area contributed by atoms with E-state index in [2.05, 4.69) is 47.0 Å². The molecular formula is C12H18N4S. The third-order valence-corrected chi connectivity index (χ3v) is 3.81. The molecule has 2 rings (SSSR count). The fourth-order valence-electron chi connectivity index (χ4n) is 1.85. The highest BCUT2D eigenvalue weighted by Crippen LogP contribution is 2.21. The van der Waals surface area contributed by atoms with E-state index < -0.39 is 0 Å². The number of aromatic nitrogens is 3. The van der Waals surface area contributed by atoms with Crippen LogP contribution in [0, 0.1) is 0 Å². The second-order valence-electron chi connectivity index (χ2n) is 3.90. The summed E-state index contributed by atoms with van der Waals surface area (Å²) in [5, 5.41) is 13.6. The minimum atomic E-state index is 0.426. The molecule has 5 heteroatoms. The summed E-state index contributed by atoms with van der Waals surface area (Å²) in [5.41, 5.74) is 1.14. The monoisotopic (exact) mass is 250 g/mol. The first kappa shape index (κ1) is 12.3. The quantitative estimate of drug-likeness (QED) is 0.857. The van der Waals surface area contributed by atoms with Gasteiger partial charge >= 0.3 is 0 Å². The summed E-state index contributed by atoms with van der Waals surface area (Å²) in [7, 11) is 0. The summed E-state index contributed by atoms with van der Waals surface area (Å²) in [6.07, 6.45) is 2.92. The van der Waals surface area contributed by atoms with Crippen LogP contribution in [0.4, 0.5) is 0 Å². The van der Waals surface area contributed by atoms with Gasteiger partial charge in [0.05, 0.1) is 11.9 Å². The fraction of sp³-hybridized carbons (Fsp3) is 0.500. The van der Waals surface area contributed by atoms with Crippen LogP contribution in [-0.4, -0.2) is 15.0 Å². The zero-order chi connectivity index (χ0) is 12.1. The Labute approximate surface area is 106 Å². The summed E-state index contributed by atoms with van der Waals surface area (Å²) in [6, 6.07) is 4.71. The first-order valence-corrected chi connectivity index (χ1v) is 6.87. The Balaban J connectivity index is 1.97. The summed E-state index contributed by atoms with van der Waals surface area (Å²) in [6.45, 7) is 5.96. The largest absolute Gasteiger partial charge is 0.304 e. The first-order valence-electron chi connectivity index (χ1n) is 5.99. The Hall–Kier alpha value is -1.20. The van der Waals surface area contributed by atoms with E-state index in [1.54, 1.807) is 11.3 Å². The standard InChI is InChI=1S/C12H18N4S/c1-3-11(12-6-5-7-17-12)13-8-10-9-14-15-16(10)4-2/h5-7,9,11,13H,3-4,8H2,1-2H3. The van der Waals surface area contributed by atoms with Crippen LogP contribution >= 0.6 is 11.3 Å². The number of rotatable bonds is 6. The van der Waals surface area contributed by atoms with Crippen LogP contribution in [-0.2, 0) is 13.1 Å². The van der Waals surface area contributed by atoms with Crippen LogP contribution in [0.2, 0.25) is 0 Å². The van der Waals surface area contributed by atoms with Crippen LogP contribution in [0.5, 0.6) is 0 Å². The molecule has 2 aromatic rings. The van der Waals surface area contributed by atoms with E-state index in [-0.39, 0.29) is 0 Å². The van der Waals surface area contributed by atoms with Crippen molar-refractivity contribution in [3.63, 3.8) is 0 Å². The molecule has 92 valence electrons. The highest BCUT2D eigenvalue weighted by atomic mass is 32.1. The lowest BCUT2D eigenvalue weighted by Gasteiger charge is -2.15. The Bertz CT molecular complexity index is 435. The molecule has 2 heterocycles. The summed E-state index contributed by atoms with van der Waals surface area (Å²) in [5.74, 6) is 0.